The zero-order chi connectivity index (χ0) is 14.5. The number of rotatable bonds is 1. The number of hydrazine groups is 1. The Morgan fingerprint density at radius 1 is 1.33 bits per heavy atom. The molecule has 3 aliphatic rings. The maximum absolute atomic E-state index is 6.31. The maximum atomic E-state index is 6.31. The molecule has 2 fully saturated rings. The van der Waals surface area contributed by atoms with E-state index in [2.05, 4.69) is 43.0 Å². The van der Waals surface area contributed by atoms with Crippen LogP contribution < -0.4 is 16.2 Å². The molecule has 1 saturated carbocycles. The molecule has 1 atom stereocenters. The van der Waals surface area contributed by atoms with Crippen LogP contribution in [0, 0.1) is 0 Å². The lowest BCUT2D eigenvalue weighted by Gasteiger charge is -2.39. The van der Waals surface area contributed by atoms with Crippen LogP contribution in [0.1, 0.15) is 31.2 Å². The summed E-state index contributed by atoms with van der Waals surface area (Å²) in [5, 5.41) is 2.10. The van der Waals surface area contributed by atoms with Gasteiger partial charge in [0.1, 0.15) is 6.33 Å². The highest BCUT2D eigenvalue weighted by Crippen LogP contribution is 2.42. The molecular formula is C13H18IN5O2. The second kappa shape index (κ2) is 4.98. The summed E-state index contributed by atoms with van der Waals surface area (Å²) in [6, 6.07) is 0.345. The highest BCUT2D eigenvalue weighted by Gasteiger charge is 2.46. The Morgan fingerprint density at radius 3 is 2.76 bits per heavy atom. The first-order chi connectivity index (χ1) is 10.1. The van der Waals surface area contributed by atoms with Gasteiger partial charge in [-0.2, -0.15) is 5.43 Å². The van der Waals surface area contributed by atoms with Gasteiger partial charge in [0.25, 0.3) is 0 Å². The number of nitrogens with two attached hydrogens (primary N) is 1. The molecule has 1 spiro atoms. The molecule has 114 valence electrons. The first-order valence-corrected chi connectivity index (χ1v) is 8.31. The fraction of sp³-hybridized carbons (Fsp3) is 0.692. The summed E-state index contributed by atoms with van der Waals surface area (Å²) in [5.41, 5.74) is 10.6. The van der Waals surface area contributed by atoms with E-state index in [9.17, 15) is 0 Å². The van der Waals surface area contributed by atoms with Crippen LogP contribution in [0.3, 0.4) is 0 Å². The molecule has 4 rings (SSSR count). The molecule has 8 heteroatoms. The summed E-state index contributed by atoms with van der Waals surface area (Å²) in [7, 11) is 0. The van der Waals surface area contributed by atoms with Crippen molar-refractivity contribution >= 4 is 28.4 Å². The molecular weight excluding hydrogens is 385 g/mol. The van der Waals surface area contributed by atoms with Gasteiger partial charge < -0.3 is 9.47 Å². The van der Waals surface area contributed by atoms with Gasteiger partial charge in [0.2, 0.25) is 0 Å². The molecule has 1 aliphatic carbocycles. The van der Waals surface area contributed by atoms with Gasteiger partial charge in [-0.1, -0.05) is 0 Å². The fourth-order valence-electron chi connectivity index (χ4n) is 3.41. The normalized spacial score (nSPS) is 31.8. The van der Waals surface area contributed by atoms with Crippen LogP contribution in [0.15, 0.2) is 12.5 Å². The van der Waals surface area contributed by atoms with Crippen molar-refractivity contribution in [1.82, 2.24) is 15.4 Å². The third kappa shape index (κ3) is 2.33. The second-order valence-electron chi connectivity index (χ2n) is 5.79. The van der Waals surface area contributed by atoms with Gasteiger partial charge in [0.05, 0.1) is 18.8 Å². The Hall–Kier alpha value is -0.550. The number of fused-ring (bicyclic) bond motifs is 1. The molecule has 1 unspecified atom stereocenters. The van der Waals surface area contributed by atoms with E-state index in [4.69, 9.17) is 15.2 Å². The van der Waals surface area contributed by atoms with Crippen molar-refractivity contribution in [2.75, 3.05) is 18.2 Å². The van der Waals surface area contributed by atoms with Crippen molar-refractivity contribution in [3.8, 4) is 0 Å². The Bertz CT molecular complexity index is 539. The third-order valence-corrected chi connectivity index (χ3v) is 5.31. The van der Waals surface area contributed by atoms with E-state index >= 15 is 0 Å². The maximum Gasteiger partial charge on any atom is 0.168 e. The number of alkyl halides is 1. The first-order valence-electron chi connectivity index (χ1n) is 7.23. The average Bonchev–Trinajstić information content (AvgIpc) is 3.04. The van der Waals surface area contributed by atoms with Gasteiger partial charge >= 0.3 is 0 Å². The lowest BCUT2D eigenvalue weighted by atomic mass is 9.89. The number of hydrogen-bond acceptors (Lipinski definition) is 7. The van der Waals surface area contributed by atoms with Crippen molar-refractivity contribution in [2.45, 2.75) is 41.2 Å². The second-order valence-corrected chi connectivity index (χ2v) is 7.49. The fourth-order valence-corrected chi connectivity index (χ4v) is 4.05. The quantitative estimate of drug-likeness (QED) is 0.411. The van der Waals surface area contributed by atoms with Crippen LogP contribution in [0.5, 0.6) is 0 Å². The van der Waals surface area contributed by atoms with Gasteiger partial charge in [-0.25, -0.2) is 9.97 Å². The summed E-state index contributed by atoms with van der Waals surface area (Å²) < 4.78 is 10.9. The molecule has 0 amide bonds. The Balaban J connectivity index is 1.54. The average molecular weight is 403 g/mol. The van der Waals surface area contributed by atoms with E-state index in [0.717, 1.165) is 37.1 Å². The SMILES string of the molecule is NC1(I)NN(C2CCC3(CC2)OCCO3)c2ncncc21. The highest BCUT2D eigenvalue weighted by atomic mass is 127. The predicted octanol–water partition coefficient (Wildman–Crippen LogP) is 0.991. The van der Waals surface area contributed by atoms with Crippen LogP contribution in [-0.2, 0) is 13.1 Å². The molecule has 0 radical (unpaired) electrons. The summed E-state index contributed by atoms with van der Waals surface area (Å²) in [4.78, 5) is 8.49. The number of nitrogens with one attached hydrogen (secondary N) is 1. The highest BCUT2D eigenvalue weighted by molar-refractivity contribution is 14.1. The molecule has 1 saturated heterocycles. The number of nitrogens with zero attached hydrogens (tertiary/aromatic N) is 3. The van der Waals surface area contributed by atoms with Gasteiger partial charge in [0, 0.05) is 25.1 Å². The molecule has 3 heterocycles. The molecule has 7 nitrogen and oxygen atoms in total. The Kier molecular flexibility index (Phi) is 3.34. The minimum Gasteiger partial charge on any atom is -0.348 e. The molecule has 0 aromatic carbocycles. The summed E-state index contributed by atoms with van der Waals surface area (Å²) in [5.74, 6) is 0.547. The monoisotopic (exact) mass is 403 g/mol. The minimum atomic E-state index is -0.649. The third-order valence-electron chi connectivity index (χ3n) is 4.49. The van der Waals surface area contributed by atoms with Crippen molar-refractivity contribution in [3.63, 3.8) is 0 Å². The molecule has 2 aliphatic heterocycles. The Morgan fingerprint density at radius 2 is 2.05 bits per heavy atom. The van der Waals surface area contributed by atoms with Gasteiger partial charge in [-0.05, 0) is 35.4 Å². The van der Waals surface area contributed by atoms with Crippen molar-refractivity contribution in [3.05, 3.63) is 18.1 Å². The Labute approximate surface area is 136 Å². The van der Waals surface area contributed by atoms with E-state index in [-0.39, 0.29) is 5.79 Å². The molecule has 0 bridgehead atoms. The van der Waals surface area contributed by atoms with Crippen molar-refractivity contribution in [2.24, 2.45) is 5.73 Å². The van der Waals surface area contributed by atoms with Gasteiger partial charge in [-0.3, -0.25) is 10.7 Å². The topological polar surface area (TPSA) is 85.5 Å². The van der Waals surface area contributed by atoms with E-state index in [1.54, 1.807) is 12.5 Å². The van der Waals surface area contributed by atoms with Crippen LogP contribution in [0.25, 0.3) is 0 Å². The molecule has 1 aromatic heterocycles. The van der Waals surface area contributed by atoms with Crippen molar-refractivity contribution in [1.29, 1.82) is 0 Å². The standard InChI is InChI=1S/C13H18IN5O2/c14-13(15)10-7-16-8-17-11(10)19(18-13)9-1-3-12(4-2-9)20-5-6-21-12/h7-9,18H,1-6,15H2. The van der Waals surface area contributed by atoms with Crippen LogP contribution in [0.4, 0.5) is 5.82 Å². The lowest BCUT2D eigenvalue weighted by Crippen LogP contribution is -2.54. The molecule has 21 heavy (non-hydrogen) atoms. The zero-order valence-electron chi connectivity index (χ0n) is 11.6. The largest absolute Gasteiger partial charge is 0.348 e. The number of ether oxygens (including phenoxy) is 2. The number of hydrogen-bond donors (Lipinski definition) is 2. The van der Waals surface area contributed by atoms with Crippen LogP contribution in [-0.4, -0.2) is 35.0 Å². The summed E-state index contributed by atoms with van der Waals surface area (Å²) in [6.07, 6.45) is 7.16. The van der Waals surface area contributed by atoms with Crippen LogP contribution in [0.2, 0.25) is 0 Å². The number of aromatic nitrogens is 2. The molecule has 1 aromatic rings. The predicted molar refractivity (Wildman–Crippen MR) is 84.4 cm³/mol. The van der Waals surface area contributed by atoms with E-state index in [0.29, 0.717) is 19.3 Å². The lowest BCUT2D eigenvalue weighted by molar-refractivity contribution is -0.178. The first kappa shape index (κ1) is 14.1. The number of halogens is 1. The smallest absolute Gasteiger partial charge is 0.168 e. The van der Waals surface area contributed by atoms with E-state index < -0.39 is 3.67 Å². The van der Waals surface area contributed by atoms with E-state index in [1.807, 2.05) is 0 Å². The zero-order valence-corrected chi connectivity index (χ0v) is 13.7. The van der Waals surface area contributed by atoms with E-state index in [1.165, 1.54) is 0 Å². The van der Waals surface area contributed by atoms with Crippen LogP contribution >= 0.6 is 22.6 Å². The minimum absolute atomic E-state index is 0.338. The van der Waals surface area contributed by atoms with Gasteiger partial charge in [-0.15, -0.1) is 0 Å². The van der Waals surface area contributed by atoms with Gasteiger partial charge in [0.15, 0.2) is 15.3 Å². The number of anilines is 1. The molecule has 3 N–H and O–H groups in total. The summed E-state index contributed by atoms with van der Waals surface area (Å²) in [6.45, 7) is 1.42. The van der Waals surface area contributed by atoms with Crippen molar-refractivity contribution < 1.29 is 9.47 Å². The summed E-state index contributed by atoms with van der Waals surface area (Å²) >= 11 is 2.20.